The molecule has 2 aromatic carbocycles. The SMILES string of the molecule is CN1CCN(c2ncc(-c3cccc(N)c3)cc2-c2nc3ccccc3o2)CC1. The van der Waals surface area contributed by atoms with Gasteiger partial charge >= 0.3 is 0 Å². The van der Waals surface area contributed by atoms with Crippen LogP contribution in [-0.2, 0) is 0 Å². The second-order valence-electron chi connectivity index (χ2n) is 7.50. The Balaban J connectivity index is 1.64. The third kappa shape index (κ3) is 3.43. The van der Waals surface area contributed by atoms with Crippen LogP contribution in [0.5, 0.6) is 0 Å². The van der Waals surface area contributed by atoms with E-state index in [9.17, 15) is 0 Å². The number of piperazine rings is 1. The van der Waals surface area contributed by atoms with Gasteiger partial charge in [-0.2, -0.15) is 0 Å². The van der Waals surface area contributed by atoms with Crippen molar-refractivity contribution in [2.24, 2.45) is 0 Å². The Bertz CT molecular complexity index is 1130. The van der Waals surface area contributed by atoms with Gasteiger partial charge < -0.3 is 20.0 Å². The fourth-order valence-corrected chi connectivity index (χ4v) is 3.75. The average molecular weight is 385 g/mol. The molecule has 1 aliphatic heterocycles. The summed E-state index contributed by atoms with van der Waals surface area (Å²) in [5.41, 5.74) is 11.3. The Morgan fingerprint density at radius 1 is 0.931 bits per heavy atom. The van der Waals surface area contributed by atoms with Crippen LogP contribution in [0.3, 0.4) is 0 Å². The minimum Gasteiger partial charge on any atom is -0.436 e. The van der Waals surface area contributed by atoms with E-state index in [1.165, 1.54) is 0 Å². The van der Waals surface area contributed by atoms with Gasteiger partial charge in [0.15, 0.2) is 5.58 Å². The van der Waals surface area contributed by atoms with Crippen LogP contribution >= 0.6 is 0 Å². The zero-order valence-corrected chi connectivity index (χ0v) is 16.4. The summed E-state index contributed by atoms with van der Waals surface area (Å²) in [6, 6.07) is 17.8. The van der Waals surface area contributed by atoms with E-state index in [0.29, 0.717) is 5.89 Å². The van der Waals surface area contributed by atoms with Gasteiger partial charge in [-0.3, -0.25) is 0 Å². The molecule has 0 atom stereocenters. The van der Waals surface area contributed by atoms with Crippen LogP contribution in [0.1, 0.15) is 0 Å². The number of hydrogen-bond donors (Lipinski definition) is 1. The molecule has 146 valence electrons. The molecule has 0 unspecified atom stereocenters. The van der Waals surface area contributed by atoms with Gasteiger partial charge in [0.05, 0.1) is 5.56 Å². The molecule has 5 rings (SSSR count). The molecule has 6 heteroatoms. The normalized spacial score (nSPS) is 15.1. The lowest BCUT2D eigenvalue weighted by atomic mass is 10.0. The third-order valence-electron chi connectivity index (χ3n) is 5.41. The van der Waals surface area contributed by atoms with Crippen LogP contribution in [0.15, 0.2) is 65.2 Å². The predicted octanol–water partition coefficient (Wildman–Crippen LogP) is 3.89. The third-order valence-corrected chi connectivity index (χ3v) is 5.41. The first-order valence-corrected chi connectivity index (χ1v) is 9.83. The first-order chi connectivity index (χ1) is 14.2. The largest absolute Gasteiger partial charge is 0.436 e. The number of likely N-dealkylation sites (N-methyl/N-ethyl adjacent to an activating group) is 1. The van der Waals surface area contributed by atoms with E-state index in [-0.39, 0.29) is 0 Å². The summed E-state index contributed by atoms with van der Waals surface area (Å²) in [5, 5.41) is 0. The number of nitrogens with two attached hydrogens (primary N) is 1. The number of aromatic nitrogens is 2. The molecule has 1 saturated heterocycles. The number of nitrogens with zero attached hydrogens (tertiary/aromatic N) is 4. The summed E-state index contributed by atoms with van der Waals surface area (Å²) >= 11 is 0. The van der Waals surface area contributed by atoms with Crippen LogP contribution in [0.2, 0.25) is 0 Å². The maximum Gasteiger partial charge on any atom is 0.231 e. The summed E-state index contributed by atoms with van der Waals surface area (Å²) in [5.74, 6) is 1.51. The van der Waals surface area contributed by atoms with Gasteiger partial charge in [0.1, 0.15) is 11.3 Å². The maximum atomic E-state index is 6.11. The molecule has 1 aliphatic rings. The molecule has 2 aromatic heterocycles. The molecule has 3 heterocycles. The molecular weight excluding hydrogens is 362 g/mol. The smallest absolute Gasteiger partial charge is 0.231 e. The fraction of sp³-hybridized carbons (Fsp3) is 0.217. The van der Waals surface area contributed by atoms with E-state index in [4.69, 9.17) is 20.1 Å². The first kappa shape index (κ1) is 17.7. The van der Waals surface area contributed by atoms with Crippen molar-refractivity contribution in [2.45, 2.75) is 0 Å². The highest BCUT2D eigenvalue weighted by atomic mass is 16.3. The molecule has 0 radical (unpaired) electrons. The summed E-state index contributed by atoms with van der Waals surface area (Å²) in [6.45, 7) is 3.86. The van der Waals surface area contributed by atoms with Gasteiger partial charge in [0.2, 0.25) is 5.89 Å². The quantitative estimate of drug-likeness (QED) is 0.540. The molecule has 0 amide bonds. The van der Waals surface area contributed by atoms with Crippen LogP contribution in [0.25, 0.3) is 33.7 Å². The molecule has 0 spiro atoms. The molecule has 2 N–H and O–H groups in total. The topological polar surface area (TPSA) is 71.4 Å². The molecule has 4 aromatic rings. The molecule has 29 heavy (non-hydrogen) atoms. The van der Waals surface area contributed by atoms with E-state index in [1.807, 2.05) is 54.7 Å². The van der Waals surface area contributed by atoms with Crippen molar-refractivity contribution in [1.82, 2.24) is 14.9 Å². The molecule has 0 saturated carbocycles. The number of hydrogen-bond acceptors (Lipinski definition) is 6. The molecule has 1 fully saturated rings. The van der Waals surface area contributed by atoms with Gasteiger partial charge in [-0.15, -0.1) is 0 Å². The zero-order chi connectivity index (χ0) is 19.8. The highest BCUT2D eigenvalue weighted by molar-refractivity contribution is 5.82. The molecule has 6 nitrogen and oxygen atoms in total. The van der Waals surface area contributed by atoms with Crippen molar-refractivity contribution in [1.29, 1.82) is 0 Å². The number of pyridine rings is 1. The first-order valence-electron chi connectivity index (χ1n) is 9.83. The van der Waals surface area contributed by atoms with Crippen LogP contribution in [0.4, 0.5) is 11.5 Å². The summed E-state index contributed by atoms with van der Waals surface area (Å²) in [7, 11) is 2.15. The maximum absolute atomic E-state index is 6.11. The van der Waals surface area contributed by atoms with Crippen molar-refractivity contribution in [3.05, 3.63) is 60.8 Å². The second-order valence-corrected chi connectivity index (χ2v) is 7.50. The fourth-order valence-electron chi connectivity index (χ4n) is 3.75. The van der Waals surface area contributed by atoms with Crippen molar-refractivity contribution in [2.75, 3.05) is 43.9 Å². The lowest BCUT2D eigenvalue weighted by Crippen LogP contribution is -2.45. The minimum atomic E-state index is 0.596. The average Bonchev–Trinajstić information content (AvgIpc) is 3.18. The molecule has 0 aliphatic carbocycles. The second kappa shape index (κ2) is 7.22. The monoisotopic (exact) mass is 385 g/mol. The summed E-state index contributed by atoms with van der Waals surface area (Å²) < 4.78 is 6.11. The number of anilines is 2. The number of fused-ring (bicyclic) bond motifs is 1. The Hall–Kier alpha value is -3.38. The van der Waals surface area contributed by atoms with E-state index in [2.05, 4.69) is 22.9 Å². The highest BCUT2D eigenvalue weighted by Gasteiger charge is 2.22. The minimum absolute atomic E-state index is 0.596. The van der Waals surface area contributed by atoms with E-state index >= 15 is 0 Å². The Labute approximate surface area is 169 Å². The van der Waals surface area contributed by atoms with E-state index < -0.39 is 0 Å². The van der Waals surface area contributed by atoms with Gasteiger partial charge in [-0.05, 0) is 42.9 Å². The van der Waals surface area contributed by atoms with Crippen LogP contribution < -0.4 is 10.6 Å². The zero-order valence-electron chi connectivity index (χ0n) is 16.4. The standard InChI is InChI=1S/C23H23N5O/c1-27-9-11-28(12-10-27)22-19(23-26-20-7-2-3-8-21(20)29-23)14-17(15-25-22)16-5-4-6-18(24)13-16/h2-8,13-15H,9-12,24H2,1H3. The Morgan fingerprint density at radius 3 is 2.55 bits per heavy atom. The lowest BCUT2D eigenvalue weighted by molar-refractivity contribution is 0.312. The van der Waals surface area contributed by atoms with Gasteiger partial charge in [0.25, 0.3) is 0 Å². The lowest BCUT2D eigenvalue weighted by Gasteiger charge is -2.34. The number of nitrogen functional groups attached to an aromatic ring is 1. The van der Waals surface area contributed by atoms with Gasteiger partial charge in [-0.1, -0.05) is 24.3 Å². The number of oxazole rings is 1. The summed E-state index contributed by atoms with van der Waals surface area (Å²) in [6.07, 6.45) is 1.91. The van der Waals surface area contributed by atoms with E-state index in [0.717, 1.165) is 65.5 Å². The van der Waals surface area contributed by atoms with Gasteiger partial charge in [-0.25, -0.2) is 9.97 Å². The van der Waals surface area contributed by atoms with Crippen molar-refractivity contribution < 1.29 is 4.42 Å². The van der Waals surface area contributed by atoms with Crippen molar-refractivity contribution in [3.63, 3.8) is 0 Å². The van der Waals surface area contributed by atoms with Crippen molar-refractivity contribution >= 4 is 22.6 Å². The number of benzene rings is 2. The van der Waals surface area contributed by atoms with Crippen LogP contribution in [-0.4, -0.2) is 48.1 Å². The van der Waals surface area contributed by atoms with E-state index in [1.54, 1.807) is 0 Å². The molecule has 0 bridgehead atoms. The predicted molar refractivity (Wildman–Crippen MR) is 117 cm³/mol. The summed E-state index contributed by atoms with van der Waals surface area (Å²) in [4.78, 5) is 14.2. The Morgan fingerprint density at radius 2 is 1.76 bits per heavy atom. The molecular formula is C23H23N5O. The van der Waals surface area contributed by atoms with Gasteiger partial charge in [0, 0.05) is 43.6 Å². The number of rotatable bonds is 3. The Kier molecular flexibility index (Phi) is 4.41. The highest BCUT2D eigenvalue weighted by Crippen LogP contribution is 2.35. The van der Waals surface area contributed by atoms with Crippen LogP contribution in [0, 0.1) is 0 Å². The van der Waals surface area contributed by atoms with Crippen molar-refractivity contribution in [3.8, 4) is 22.6 Å². The number of para-hydroxylation sites is 2.